The molecule has 0 radical (unpaired) electrons. The summed E-state index contributed by atoms with van der Waals surface area (Å²) in [6.45, 7) is 9.24. The van der Waals surface area contributed by atoms with Crippen LogP contribution in [-0.4, -0.2) is 78.6 Å². The van der Waals surface area contributed by atoms with Gasteiger partial charge in [-0.2, -0.15) is 0 Å². The Morgan fingerprint density at radius 3 is 1.61 bits per heavy atom. The fourth-order valence-corrected chi connectivity index (χ4v) is 5.76. The number of anilines is 2. The molecule has 8 heteroatoms. The van der Waals surface area contributed by atoms with Crippen molar-refractivity contribution in [2.45, 2.75) is 52.0 Å². The number of carbonyl (C=O) groups is 3. The first kappa shape index (κ1) is 27.5. The van der Waals surface area contributed by atoms with Gasteiger partial charge in [0.25, 0.3) is 5.91 Å². The van der Waals surface area contributed by atoms with Crippen molar-refractivity contribution >= 4 is 29.3 Å². The highest BCUT2D eigenvalue weighted by atomic mass is 16.4. The second-order valence-electron chi connectivity index (χ2n) is 11.3. The number of carboxylic acid groups (broad SMARTS) is 1. The normalized spacial score (nSPS) is 20.4. The van der Waals surface area contributed by atoms with Crippen molar-refractivity contribution in [1.29, 1.82) is 0 Å². The third-order valence-corrected chi connectivity index (χ3v) is 8.63. The Balaban J connectivity index is 0.000000181. The summed E-state index contributed by atoms with van der Waals surface area (Å²) in [5.74, 6) is -0.722. The molecular formula is C30H40N4O4. The van der Waals surface area contributed by atoms with Gasteiger partial charge in [0.2, 0.25) is 0 Å². The summed E-state index contributed by atoms with van der Waals surface area (Å²) in [5, 5.41) is 9.18. The van der Waals surface area contributed by atoms with Crippen LogP contribution < -0.4 is 9.80 Å². The van der Waals surface area contributed by atoms with Gasteiger partial charge in [0.1, 0.15) is 5.54 Å². The predicted molar refractivity (Wildman–Crippen MR) is 150 cm³/mol. The van der Waals surface area contributed by atoms with Gasteiger partial charge in [-0.1, -0.05) is 24.3 Å². The maximum Gasteiger partial charge on any atom is 0.327 e. The van der Waals surface area contributed by atoms with Crippen LogP contribution >= 0.6 is 0 Å². The summed E-state index contributed by atoms with van der Waals surface area (Å²) in [5.41, 5.74) is 3.70. The number of hydrogen-bond acceptors (Lipinski definition) is 5. The van der Waals surface area contributed by atoms with Crippen molar-refractivity contribution in [3.63, 3.8) is 0 Å². The van der Waals surface area contributed by atoms with Crippen molar-refractivity contribution in [1.82, 2.24) is 9.80 Å². The van der Waals surface area contributed by atoms with E-state index in [2.05, 4.69) is 72.2 Å². The molecule has 0 saturated carbocycles. The molecule has 38 heavy (non-hydrogen) atoms. The highest BCUT2D eigenvalue weighted by Gasteiger charge is 2.55. The number of likely N-dealkylation sites (N-methyl/N-ethyl adjacent to an activating group) is 2. The maximum atomic E-state index is 12.4. The molecule has 0 aromatic heterocycles. The molecule has 3 heterocycles. The molecule has 2 aromatic carbocycles. The number of benzene rings is 2. The van der Waals surface area contributed by atoms with E-state index in [1.54, 1.807) is 19.0 Å². The highest BCUT2D eigenvalue weighted by Crippen LogP contribution is 2.37. The first-order valence-electron chi connectivity index (χ1n) is 13.4. The number of aliphatic carboxylic acids is 1. The second kappa shape index (κ2) is 10.7. The summed E-state index contributed by atoms with van der Waals surface area (Å²) in [7, 11) is 3.31. The topological polar surface area (TPSA) is 84.4 Å². The molecule has 3 aliphatic rings. The Morgan fingerprint density at radius 2 is 1.24 bits per heavy atom. The minimum absolute atomic E-state index is 0.0566. The van der Waals surface area contributed by atoms with Crippen LogP contribution in [0.25, 0.3) is 0 Å². The van der Waals surface area contributed by atoms with E-state index in [0.29, 0.717) is 12.8 Å². The van der Waals surface area contributed by atoms with Crippen molar-refractivity contribution < 1.29 is 19.5 Å². The lowest BCUT2D eigenvalue weighted by atomic mass is 9.80. The standard InChI is InChI=1S/C16H21N3O2.C14H19NO2/c1-12-5-4-6-13(11-12)19-9-7-16(8-10-19)14(20)17(2)15(21)18(16)3;1-11-4-3-5-12(10-11)15-8-6-14(2,7-9-15)13(16)17/h4-6,11H,7-10H2,1-3H3;3-5,10H,6-9H2,1-2H3,(H,16,17). The zero-order valence-electron chi connectivity index (χ0n) is 23.2. The molecule has 3 aliphatic heterocycles. The van der Waals surface area contributed by atoms with E-state index in [-0.39, 0.29) is 11.9 Å². The zero-order chi connectivity index (χ0) is 27.7. The van der Waals surface area contributed by atoms with E-state index < -0.39 is 16.9 Å². The van der Waals surface area contributed by atoms with Gasteiger partial charge in [0, 0.05) is 51.6 Å². The van der Waals surface area contributed by atoms with Gasteiger partial charge in [-0.25, -0.2) is 4.79 Å². The van der Waals surface area contributed by atoms with E-state index >= 15 is 0 Å². The van der Waals surface area contributed by atoms with Crippen LogP contribution in [0.3, 0.4) is 0 Å². The van der Waals surface area contributed by atoms with Gasteiger partial charge in [0.05, 0.1) is 5.41 Å². The lowest BCUT2D eigenvalue weighted by Crippen LogP contribution is -2.55. The van der Waals surface area contributed by atoms with Crippen molar-refractivity contribution in [3.05, 3.63) is 59.7 Å². The molecule has 204 valence electrons. The van der Waals surface area contributed by atoms with Gasteiger partial charge < -0.3 is 19.8 Å². The smallest absolute Gasteiger partial charge is 0.327 e. The number of rotatable bonds is 3. The monoisotopic (exact) mass is 520 g/mol. The summed E-state index contributed by atoms with van der Waals surface area (Å²) in [6.07, 6.45) is 2.81. The van der Waals surface area contributed by atoms with E-state index in [0.717, 1.165) is 39.0 Å². The van der Waals surface area contributed by atoms with E-state index in [4.69, 9.17) is 0 Å². The Morgan fingerprint density at radius 1 is 0.789 bits per heavy atom. The van der Waals surface area contributed by atoms with Crippen LogP contribution in [0.1, 0.15) is 43.7 Å². The van der Waals surface area contributed by atoms with Gasteiger partial charge in [-0.05, 0) is 81.8 Å². The summed E-state index contributed by atoms with van der Waals surface area (Å²) < 4.78 is 0. The number of nitrogens with zero attached hydrogens (tertiary/aromatic N) is 4. The Labute approximate surface area is 225 Å². The Hall–Kier alpha value is -3.55. The average Bonchev–Trinajstić information content (AvgIpc) is 3.06. The summed E-state index contributed by atoms with van der Waals surface area (Å²) in [6, 6.07) is 16.6. The summed E-state index contributed by atoms with van der Waals surface area (Å²) in [4.78, 5) is 43.1. The fraction of sp³-hybridized carbons (Fsp3) is 0.500. The number of amides is 3. The lowest BCUT2D eigenvalue weighted by molar-refractivity contribution is -0.149. The van der Waals surface area contributed by atoms with Crippen LogP contribution in [0, 0.1) is 19.3 Å². The van der Waals surface area contributed by atoms with E-state index in [1.165, 1.54) is 27.4 Å². The van der Waals surface area contributed by atoms with Crippen molar-refractivity contribution in [2.75, 3.05) is 50.1 Å². The van der Waals surface area contributed by atoms with Gasteiger partial charge in [0.15, 0.2) is 0 Å². The van der Waals surface area contributed by atoms with Crippen LogP contribution in [0.15, 0.2) is 48.5 Å². The molecular weight excluding hydrogens is 480 g/mol. The predicted octanol–water partition coefficient (Wildman–Crippen LogP) is 4.54. The van der Waals surface area contributed by atoms with Crippen LogP contribution in [0.4, 0.5) is 16.2 Å². The number of carbonyl (C=O) groups excluding carboxylic acids is 2. The highest BCUT2D eigenvalue weighted by molar-refractivity contribution is 6.06. The number of hydrogen-bond donors (Lipinski definition) is 1. The van der Waals surface area contributed by atoms with Crippen LogP contribution in [-0.2, 0) is 9.59 Å². The van der Waals surface area contributed by atoms with Gasteiger partial charge >= 0.3 is 12.0 Å². The lowest BCUT2D eigenvalue weighted by Gasteiger charge is -2.41. The average molecular weight is 521 g/mol. The Bertz CT molecular complexity index is 1200. The van der Waals surface area contributed by atoms with Gasteiger partial charge in [-0.3, -0.25) is 14.5 Å². The largest absolute Gasteiger partial charge is 0.481 e. The number of piperidine rings is 2. The molecule has 0 aliphatic carbocycles. The first-order valence-corrected chi connectivity index (χ1v) is 13.4. The number of aryl methyl sites for hydroxylation is 2. The van der Waals surface area contributed by atoms with Crippen molar-refractivity contribution in [2.24, 2.45) is 5.41 Å². The molecule has 1 N–H and O–H groups in total. The van der Waals surface area contributed by atoms with Crippen LogP contribution in [0.5, 0.6) is 0 Å². The third kappa shape index (κ3) is 5.22. The maximum absolute atomic E-state index is 12.4. The number of carboxylic acids is 1. The molecule has 1 spiro atoms. The molecule has 2 aromatic rings. The molecule has 3 saturated heterocycles. The molecule has 5 rings (SSSR count). The van der Waals surface area contributed by atoms with Gasteiger partial charge in [-0.15, -0.1) is 0 Å². The summed E-state index contributed by atoms with van der Waals surface area (Å²) >= 11 is 0. The number of imide groups is 1. The quantitative estimate of drug-likeness (QED) is 0.598. The number of urea groups is 1. The van der Waals surface area contributed by atoms with E-state index in [1.807, 2.05) is 6.92 Å². The minimum Gasteiger partial charge on any atom is -0.481 e. The molecule has 8 nitrogen and oxygen atoms in total. The molecule has 3 fully saturated rings. The zero-order valence-corrected chi connectivity index (χ0v) is 23.2. The van der Waals surface area contributed by atoms with Crippen molar-refractivity contribution in [3.8, 4) is 0 Å². The second-order valence-corrected chi connectivity index (χ2v) is 11.3. The van der Waals surface area contributed by atoms with Crippen LogP contribution in [0.2, 0.25) is 0 Å². The Kier molecular flexibility index (Phi) is 7.72. The first-order chi connectivity index (χ1) is 18.0. The fourth-order valence-electron chi connectivity index (χ4n) is 5.76. The molecule has 3 amide bonds. The minimum atomic E-state index is -0.665. The molecule has 0 unspecified atom stereocenters. The molecule has 0 atom stereocenters. The molecule has 0 bridgehead atoms. The van der Waals surface area contributed by atoms with E-state index in [9.17, 15) is 19.5 Å². The third-order valence-electron chi connectivity index (χ3n) is 8.63. The SMILES string of the molecule is Cc1cccc(N2CCC(C)(C(=O)O)CC2)c1.Cc1cccc(N2CCC3(CC2)C(=O)N(C)C(=O)N3C)c1.